The summed E-state index contributed by atoms with van der Waals surface area (Å²) < 4.78 is 24.1. The summed E-state index contributed by atoms with van der Waals surface area (Å²) in [5.41, 5.74) is 5.47. The van der Waals surface area contributed by atoms with Crippen molar-refractivity contribution in [3.05, 3.63) is 100 Å². The average molecular weight is 430 g/mol. The van der Waals surface area contributed by atoms with Gasteiger partial charge in [0.25, 0.3) is 0 Å². The number of nitrogens with zero attached hydrogens (tertiary/aromatic N) is 2. The van der Waals surface area contributed by atoms with Gasteiger partial charge in [-0.25, -0.2) is 14.2 Å². The Bertz CT molecular complexity index is 1140. The molecule has 2 heterocycles. The molecule has 162 valence electrons. The number of halogens is 1. The smallest absolute Gasteiger partial charge is 0.363 e. The van der Waals surface area contributed by atoms with Crippen LogP contribution in [0.4, 0.5) is 4.39 Å². The van der Waals surface area contributed by atoms with Crippen molar-refractivity contribution in [2.45, 2.75) is 12.8 Å². The van der Waals surface area contributed by atoms with Crippen molar-refractivity contribution >= 4 is 17.9 Å². The Kier molecular flexibility index (Phi) is 5.69. The molecule has 0 radical (unpaired) electrons. The van der Waals surface area contributed by atoms with Gasteiger partial charge in [0.2, 0.25) is 5.90 Å². The minimum atomic E-state index is -0.487. The number of ether oxygens (including phenoxy) is 2. The molecule has 0 bridgehead atoms. The molecule has 0 amide bonds. The number of aliphatic imine (C=N–C) groups is 1. The van der Waals surface area contributed by atoms with Gasteiger partial charge in [0.15, 0.2) is 5.70 Å². The monoisotopic (exact) mass is 430 g/mol. The zero-order chi connectivity index (χ0) is 21.9. The molecule has 5 rings (SSSR count). The van der Waals surface area contributed by atoms with E-state index in [4.69, 9.17) is 9.47 Å². The van der Waals surface area contributed by atoms with Gasteiger partial charge in [0.1, 0.15) is 5.82 Å². The number of benzene rings is 2. The number of morpholine rings is 1. The molecule has 1 saturated heterocycles. The van der Waals surface area contributed by atoms with Crippen LogP contribution < -0.4 is 0 Å². The second-order valence-electron chi connectivity index (χ2n) is 7.90. The second kappa shape index (κ2) is 8.93. The summed E-state index contributed by atoms with van der Waals surface area (Å²) in [5.74, 6) is -0.634. The molecule has 0 aromatic heterocycles. The molecule has 2 aromatic rings. The van der Waals surface area contributed by atoms with Crippen LogP contribution in [0.25, 0.3) is 6.08 Å². The number of esters is 1. The first kappa shape index (κ1) is 20.4. The van der Waals surface area contributed by atoms with Crippen molar-refractivity contribution in [3.8, 4) is 0 Å². The maximum absolute atomic E-state index is 13.2. The van der Waals surface area contributed by atoms with Crippen molar-refractivity contribution < 1.29 is 18.7 Å². The molecule has 6 heteroatoms. The molecule has 0 saturated carbocycles. The average Bonchev–Trinajstić information content (AvgIpc) is 3.39. The van der Waals surface area contributed by atoms with E-state index in [0.29, 0.717) is 18.8 Å². The van der Waals surface area contributed by atoms with Crippen LogP contribution in [-0.2, 0) is 14.3 Å². The van der Waals surface area contributed by atoms with Crippen LogP contribution >= 0.6 is 0 Å². The number of carbonyl (C=O) groups is 1. The first-order chi connectivity index (χ1) is 15.7. The van der Waals surface area contributed by atoms with Gasteiger partial charge in [-0.2, -0.15) is 0 Å². The number of allylic oxidation sites excluding steroid dienone is 3. The lowest BCUT2D eigenvalue weighted by molar-refractivity contribution is -0.130. The predicted octanol–water partition coefficient (Wildman–Crippen LogP) is 4.48. The van der Waals surface area contributed by atoms with Gasteiger partial charge in [-0.3, -0.25) is 0 Å². The topological polar surface area (TPSA) is 51.1 Å². The van der Waals surface area contributed by atoms with Crippen LogP contribution in [0.1, 0.15) is 24.0 Å². The molecule has 0 atom stereocenters. The van der Waals surface area contributed by atoms with Gasteiger partial charge >= 0.3 is 5.97 Å². The zero-order valence-electron chi connectivity index (χ0n) is 17.6. The Labute approximate surface area is 186 Å². The van der Waals surface area contributed by atoms with E-state index in [2.05, 4.69) is 28.1 Å². The normalized spacial score (nSPS) is 21.5. The largest absolute Gasteiger partial charge is 0.402 e. The van der Waals surface area contributed by atoms with Crippen molar-refractivity contribution in [1.29, 1.82) is 0 Å². The number of hydrogen-bond donors (Lipinski definition) is 0. The minimum absolute atomic E-state index is 0.202. The predicted molar refractivity (Wildman–Crippen MR) is 120 cm³/mol. The molecule has 0 N–H and O–H groups in total. The SMILES string of the molecule is O=C1OC(c2ccc(F)cc2)=N/C1=C/C1=C(N2CCOCC2)C(=C/c2ccccc2)/CC1. The third kappa shape index (κ3) is 4.27. The summed E-state index contributed by atoms with van der Waals surface area (Å²) in [4.78, 5) is 19.3. The fraction of sp³-hybridized carbons (Fsp3) is 0.231. The molecule has 2 aromatic carbocycles. The van der Waals surface area contributed by atoms with Gasteiger partial charge < -0.3 is 14.4 Å². The van der Waals surface area contributed by atoms with E-state index in [0.717, 1.165) is 42.8 Å². The van der Waals surface area contributed by atoms with Crippen LogP contribution in [-0.4, -0.2) is 43.1 Å². The molecule has 32 heavy (non-hydrogen) atoms. The fourth-order valence-electron chi connectivity index (χ4n) is 4.23. The number of hydrogen-bond acceptors (Lipinski definition) is 5. The highest BCUT2D eigenvalue weighted by atomic mass is 19.1. The number of carbonyl (C=O) groups excluding carboxylic acids is 1. The number of cyclic esters (lactones) is 1. The van der Waals surface area contributed by atoms with E-state index in [1.54, 1.807) is 12.1 Å². The fourth-order valence-corrected chi connectivity index (χ4v) is 4.23. The Hall–Kier alpha value is -3.51. The Morgan fingerprint density at radius 1 is 0.938 bits per heavy atom. The standard InChI is InChI=1S/C26H23FN2O3/c27-22-10-8-19(9-11-22)25-28-23(26(30)32-25)17-21-7-6-20(16-18-4-2-1-3-5-18)24(21)29-12-14-31-15-13-29/h1-5,8-11,16-17H,6-7,12-15H2/b20-16+,23-17+. The van der Waals surface area contributed by atoms with Crippen LogP contribution in [0, 0.1) is 5.82 Å². The van der Waals surface area contributed by atoms with Gasteiger partial charge in [-0.1, -0.05) is 30.3 Å². The summed E-state index contributed by atoms with van der Waals surface area (Å²) in [6, 6.07) is 16.0. The van der Waals surface area contributed by atoms with E-state index < -0.39 is 5.97 Å². The third-order valence-electron chi connectivity index (χ3n) is 5.76. The number of rotatable bonds is 4. The van der Waals surface area contributed by atoms with Crippen molar-refractivity contribution in [2.24, 2.45) is 4.99 Å². The highest BCUT2D eigenvalue weighted by Gasteiger charge is 2.29. The second-order valence-corrected chi connectivity index (χ2v) is 7.90. The maximum atomic E-state index is 13.2. The highest BCUT2D eigenvalue weighted by Crippen LogP contribution is 2.37. The molecule has 2 aliphatic heterocycles. The minimum Gasteiger partial charge on any atom is -0.402 e. The summed E-state index contributed by atoms with van der Waals surface area (Å²) in [6.45, 7) is 2.98. The van der Waals surface area contributed by atoms with Gasteiger partial charge in [0, 0.05) is 24.4 Å². The molecule has 5 nitrogen and oxygen atoms in total. The molecule has 3 aliphatic rings. The lowest BCUT2D eigenvalue weighted by Crippen LogP contribution is -2.36. The quantitative estimate of drug-likeness (QED) is 0.530. The van der Waals surface area contributed by atoms with Crippen LogP contribution in [0.5, 0.6) is 0 Å². The molecular formula is C26H23FN2O3. The summed E-state index contributed by atoms with van der Waals surface area (Å²) >= 11 is 0. The van der Waals surface area contributed by atoms with Gasteiger partial charge in [0.05, 0.1) is 13.2 Å². The Morgan fingerprint density at radius 2 is 1.69 bits per heavy atom. The van der Waals surface area contributed by atoms with Crippen LogP contribution in [0.15, 0.2) is 88.2 Å². The molecule has 1 aliphatic carbocycles. The Balaban J connectivity index is 1.52. The van der Waals surface area contributed by atoms with Crippen LogP contribution in [0.3, 0.4) is 0 Å². The van der Waals surface area contributed by atoms with Crippen molar-refractivity contribution in [3.63, 3.8) is 0 Å². The first-order valence-corrected chi connectivity index (χ1v) is 10.8. The van der Waals surface area contributed by atoms with E-state index in [-0.39, 0.29) is 17.4 Å². The van der Waals surface area contributed by atoms with E-state index in [1.807, 2.05) is 24.3 Å². The van der Waals surface area contributed by atoms with Crippen LogP contribution in [0.2, 0.25) is 0 Å². The zero-order valence-corrected chi connectivity index (χ0v) is 17.6. The third-order valence-corrected chi connectivity index (χ3v) is 5.76. The summed E-state index contributed by atoms with van der Waals surface area (Å²) in [7, 11) is 0. The maximum Gasteiger partial charge on any atom is 0.363 e. The van der Waals surface area contributed by atoms with Crippen molar-refractivity contribution in [1.82, 2.24) is 4.90 Å². The molecular weight excluding hydrogens is 407 g/mol. The molecule has 0 unspecified atom stereocenters. The summed E-state index contributed by atoms with van der Waals surface area (Å²) in [6.07, 6.45) is 5.78. The first-order valence-electron chi connectivity index (χ1n) is 10.8. The van der Waals surface area contributed by atoms with Gasteiger partial charge in [-0.05, 0) is 66.0 Å². The van der Waals surface area contributed by atoms with Crippen molar-refractivity contribution in [2.75, 3.05) is 26.3 Å². The molecule has 1 fully saturated rings. The van der Waals surface area contributed by atoms with E-state index in [9.17, 15) is 9.18 Å². The highest BCUT2D eigenvalue weighted by molar-refractivity contribution is 6.11. The molecule has 0 spiro atoms. The summed E-state index contributed by atoms with van der Waals surface area (Å²) in [5, 5.41) is 0. The van der Waals surface area contributed by atoms with E-state index >= 15 is 0 Å². The lowest BCUT2D eigenvalue weighted by Gasteiger charge is -2.31. The Morgan fingerprint density at radius 3 is 2.44 bits per heavy atom. The van der Waals surface area contributed by atoms with Gasteiger partial charge in [-0.15, -0.1) is 0 Å². The van der Waals surface area contributed by atoms with E-state index in [1.165, 1.54) is 17.7 Å². The lowest BCUT2D eigenvalue weighted by atomic mass is 10.1.